The molecule has 0 radical (unpaired) electrons. The first kappa shape index (κ1) is 13.4. The third-order valence-corrected chi connectivity index (χ3v) is 2.74. The summed E-state index contributed by atoms with van der Waals surface area (Å²) in [5, 5.41) is 7.08. The van der Waals surface area contributed by atoms with Gasteiger partial charge in [0.15, 0.2) is 0 Å². The van der Waals surface area contributed by atoms with E-state index in [9.17, 15) is 0 Å². The van der Waals surface area contributed by atoms with Crippen LogP contribution in [0.5, 0.6) is 5.75 Å². The molecule has 0 amide bonds. The first-order valence-corrected chi connectivity index (χ1v) is 6.32. The molecule has 5 nitrogen and oxygen atoms in total. The zero-order valence-corrected chi connectivity index (χ0v) is 11.7. The molecule has 102 valence electrons. The van der Waals surface area contributed by atoms with Crippen LogP contribution in [-0.2, 0) is 0 Å². The third-order valence-electron chi connectivity index (χ3n) is 2.74. The van der Waals surface area contributed by atoms with E-state index < -0.39 is 0 Å². The Balaban J connectivity index is 2.16. The largest absolute Gasteiger partial charge is 0.496 e. The predicted molar refractivity (Wildman–Crippen MR) is 74.4 cm³/mol. The van der Waals surface area contributed by atoms with Crippen molar-refractivity contribution in [1.29, 1.82) is 0 Å². The van der Waals surface area contributed by atoms with E-state index in [1.165, 1.54) is 0 Å². The van der Waals surface area contributed by atoms with E-state index in [0.29, 0.717) is 17.8 Å². The average molecular weight is 261 g/mol. The lowest BCUT2D eigenvalue weighted by atomic mass is 10.1. The van der Waals surface area contributed by atoms with Crippen LogP contribution in [-0.4, -0.2) is 23.8 Å². The zero-order chi connectivity index (χ0) is 13.8. The number of ether oxygens (including phenoxy) is 1. The van der Waals surface area contributed by atoms with Gasteiger partial charge in [-0.2, -0.15) is 4.98 Å². The van der Waals surface area contributed by atoms with Gasteiger partial charge in [-0.05, 0) is 36.6 Å². The number of nitrogens with zero attached hydrogens (tertiary/aromatic N) is 2. The van der Waals surface area contributed by atoms with Crippen molar-refractivity contribution in [2.45, 2.75) is 20.8 Å². The molecule has 0 saturated heterocycles. The van der Waals surface area contributed by atoms with E-state index in [4.69, 9.17) is 9.26 Å². The highest BCUT2D eigenvalue weighted by Gasteiger charge is 2.10. The lowest BCUT2D eigenvalue weighted by molar-refractivity contribution is 0.411. The fourth-order valence-corrected chi connectivity index (χ4v) is 1.72. The van der Waals surface area contributed by atoms with Gasteiger partial charge in [0, 0.05) is 12.1 Å². The normalized spacial score (nSPS) is 10.8. The van der Waals surface area contributed by atoms with Crippen molar-refractivity contribution < 1.29 is 9.26 Å². The maximum Gasteiger partial charge on any atom is 0.321 e. The quantitative estimate of drug-likeness (QED) is 0.896. The second-order valence-electron chi connectivity index (χ2n) is 4.88. The summed E-state index contributed by atoms with van der Waals surface area (Å²) in [4.78, 5) is 4.32. The molecule has 19 heavy (non-hydrogen) atoms. The highest BCUT2D eigenvalue weighted by Crippen LogP contribution is 2.24. The molecule has 1 aromatic carbocycles. The molecule has 1 N–H and O–H groups in total. The summed E-state index contributed by atoms with van der Waals surface area (Å²) in [6, 6.07) is 6.26. The Kier molecular flexibility index (Phi) is 4.04. The molecular weight excluding hydrogens is 242 g/mol. The summed E-state index contributed by atoms with van der Waals surface area (Å²) < 4.78 is 10.4. The van der Waals surface area contributed by atoms with Gasteiger partial charge >= 0.3 is 6.01 Å². The van der Waals surface area contributed by atoms with Gasteiger partial charge in [0.05, 0.1) is 7.11 Å². The number of benzene rings is 1. The minimum Gasteiger partial charge on any atom is -0.496 e. The highest BCUT2D eigenvalue weighted by atomic mass is 16.5. The Morgan fingerprint density at radius 2 is 2.16 bits per heavy atom. The fourth-order valence-electron chi connectivity index (χ4n) is 1.72. The Labute approximate surface area is 113 Å². The van der Waals surface area contributed by atoms with Gasteiger partial charge in [-0.1, -0.05) is 19.0 Å². The average Bonchev–Trinajstić information content (AvgIpc) is 2.85. The first-order valence-electron chi connectivity index (χ1n) is 6.32. The molecule has 1 heterocycles. The van der Waals surface area contributed by atoms with Gasteiger partial charge in [-0.25, -0.2) is 0 Å². The van der Waals surface area contributed by atoms with Crippen LogP contribution < -0.4 is 10.1 Å². The topological polar surface area (TPSA) is 60.2 Å². The third kappa shape index (κ3) is 3.24. The number of anilines is 1. The van der Waals surface area contributed by atoms with Crippen LogP contribution in [0.25, 0.3) is 11.4 Å². The molecule has 0 atom stereocenters. The second-order valence-corrected chi connectivity index (χ2v) is 4.88. The molecule has 0 aliphatic rings. The minimum atomic E-state index is 0.456. The van der Waals surface area contributed by atoms with Gasteiger partial charge in [-0.15, -0.1) is 0 Å². The van der Waals surface area contributed by atoms with Crippen molar-refractivity contribution >= 4 is 6.01 Å². The van der Waals surface area contributed by atoms with Gasteiger partial charge < -0.3 is 14.6 Å². The van der Waals surface area contributed by atoms with Crippen molar-refractivity contribution in [3.63, 3.8) is 0 Å². The van der Waals surface area contributed by atoms with E-state index in [1.807, 2.05) is 25.1 Å². The molecule has 0 spiro atoms. The van der Waals surface area contributed by atoms with Crippen LogP contribution in [0.3, 0.4) is 0 Å². The number of hydrogen-bond donors (Lipinski definition) is 1. The van der Waals surface area contributed by atoms with Crippen molar-refractivity contribution in [2.24, 2.45) is 5.92 Å². The molecule has 5 heteroatoms. The van der Waals surface area contributed by atoms with Crippen LogP contribution >= 0.6 is 0 Å². The van der Waals surface area contributed by atoms with Crippen molar-refractivity contribution in [3.8, 4) is 17.1 Å². The summed E-state index contributed by atoms with van der Waals surface area (Å²) >= 11 is 0. The van der Waals surface area contributed by atoms with Crippen LogP contribution in [0.2, 0.25) is 0 Å². The number of aryl methyl sites for hydroxylation is 1. The molecule has 0 saturated carbocycles. The maximum absolute atomic E-state index is 5.23. The van der Waals surface area contributed by atoms with Crippen LogP contribution in [0.4, 0.5) is 6.01 Å². The Morgan fingerprint density at radius 1 is 1.37 bits per heavy atom. The molecule has 0 aliphatic heterocycles. The smallest absolute Gasteiger partial charge is 0.321 e. The molecule has 1 aromatic heterocycles. The predicted octanol–water partition coefficient (Wildman–Crippen LogP) is 3.12. The van der Waals surface area contributed by atoms with E-state index in [-0.39, 0.29) is 0 Å². The van der Waals surface area contributed by atoms with Crippen molar-refractivity contribution in [1.82, 2.24) is 10.1 Å². The summed E-state index contributed by atoms with van der Waals surface area (Å²) in [6.07, 6.45) is 0. The van der Waals surface area contributed by atoms with Crippen LogP contribution in [0, 0.1) is 12.8 Å². The highest BCUT2D eigenvalue weighted by molar-refractivity contribution is 5.59. The Morgan fingerprint density at radius 3 is 2.79 bits per heavy atom. The molecular formula is C14H19N3O2. The van der Waals surface area contributed by atoms with E-state index >= 15 is 0 Å². The Bertz CT molecular complexity index is 549. The number of rotatable bonds is 5. The molecule has 0 aliphatic carbocycles. The molecule has 2 rings (SSSR count). The number of aromatic nitrogens is 2. The molecule has 0 fully saturated rings. The number of hydrogen-bond acceptors (Lipinski definition) is 5. The molecule has 0 bridgehead atoms. The first-order chi connectivity index (χ1) is 9.10. The van der Waals surface area contributed by atoms with Gasteiger partial charge in [-0.3, -0.25) is 0 Å². The summed E-state index contributed by atoms with van der Waals surface area (Å²) in [7, 11) is 1.66. The SMILES string of the molecule is COc1ccc(-c2noc(NCC(C)C)n2)cc1C. The Hall–Kier alpha value is -2.04. The zero-order valence-electron chi connectivity index (χ0n) is 11.7. The van der Waals surface area contributed by atoms with E-state index in [0.717, 1.165) is 23.4 Å². The van der Waals surface area contributed by atoms with Gasteiger partial charge in [0.25, 0.3) is 0 Å². The van der Waals surface area contributed by atoms with Gasteiger partial charge in [0.2, 0.25) is 5.82 Å². The summed E-state index contributed by atoms with van der Waals surface area (Å²) in [6.45, 7) is 7.04. The second kappa shape index (κ2) is 5.73. The van der Waals surface area contributed by atoms with E-state index in [1.54, 1.807) is 7.11 Å². The van der Waals surface area contributed by atoms with E-state index in [2.05, 4.69) is 29.3 Å². The monoisotopic (exact) mass is 261 g/mol. The summed E-state index contributed by atoms with van der Waals surface area (Å²) in [5.41, 5.74) is 1.96. The van der Waals surface area contributed by atoms with Gasteiger partial charge in [0.1, 0.15) is 5.75 Å². The maximum atomic E-state index is 5.23. The fraction of sp³-hybridized carbons (Fsp3) is 0.429. The molecule has 0 unspecified atom stereocenters. The lowest BCUT2D eigenvalue weighted by Crippen LogP contribution is -2.07. The standard InChI is InChI=1S/C14H19N3O2/c1-9(2)8-15-14-16-13(17-19-14)11-5-6-12(18-4)10(3)7-11/h5-7,9H,8H2,1-4H3,(H,15,16,17). The van der Waals surface area contributed by atoms with Crippen LogP contribution in [0.15, 0.2) is 22.7 Å². The minimum absolute atomic E-state index is 0.456. The van der Waals surface area contributed by atoms with Crippen molar-refractivity contribution in [3.05, 3.63) is 23.8 Å². The summed E-state index contributed by atoms with van der Waals surface area (Å²) in [5.74, 6) is 1.96. The molecule has 2 aromatic rings. The number of methoxy groups -OCH3 is 1. The number of nitrogens with one attached hydrogen (secondary N) is 1. The van der Waals surface area contributed by atoms with Crippen molar-refractivity contribution in [2.75, 3.05) is 19.0 Å². The van der Waals surface area contributed by atoms with Crippen LogP contribution in [0.1, 0.15) is 19.4 Å². The lowest BCUT2D eigenvalue weighted by Gasteiger charge is -2.04.